The maximum absolute atomic E-state index is 13.1. The summed E-state index contributed by atoms with van der Waals surface area (Å²) in [5.41, 5.74) is 3.25. The summed E-state index contributed by atoms with van der Waals surface area (Å²) in [6.45, 7) is 5.63. The summed E-state index contributed by atoms with van der Waals surface area (Å²) >= 11 is 0. The van der Waals surface area contributed by atoms with Gasteiger partial charge in [0, 0.05) is 31.9 Å². The minimum absolute atomic E-state index is 0.0244. The molecule has 1 aliphatic rings. The fourth-order valence-corrected chi connectivity index (χ4v) is 5.34. The van der Waals surface area contributed by atoms with Gasteiger partial charge in [0.05, 0.1) is 11.4 Å². The van der Waals surface area contributed by atoms with Crippen LogP contribution in [-0.4, -0.2) is 56.3 Å². The molecule has 1 N–H and O–H groups in total. The topological polar surface area (TPSA) is 69.7 Å². The molecule has 31 heavy (non-hydrogen) atoms. The van der Waals surface area contributed by atoms with E-state index in [2.05, 4.69) is 5.32 Å². The number of rotatable bonds is 5. The molecule has 0 bridgehead atoms. The minimum atomic E-state index is -3.59. The summed E-state index contributed by atoms with van der Waals surface area (Å²) < 4.78 is 27.7. The van der Waals surface area contributed by atoms with Crippen LogP contribution < -0.4 is 5.32 Å². The van der Waals surface area contributed by atoms with Gasteiger partial charge in [-0.3, -0.25) is 4.79 Å². The monoisotopic (exact) mass is 437 g/mol. The maximum Gasteiger partial charge on any atom is 0.243 e. The molecule has 3 aromatic carbocycles. The molecule has 1 heterocycles. The van der Waals surface area contributed by atoms with Crippen molar-refractivity contribution in [2.75, 3.05) is 38.0 Å². The lowest BCUT2D eigenvalue weighted by atomic mass is 10.1. The Kier molecular flexibility index (Phi) is 5.98. The lowest BCUT2D eigenvalue weighted by Crippen LogP contribution is -2.51. The highest BCUT2D eigenvalue weighted by atomic mass is 32.2. The predicted molar refractivity (Wildman–Crippen MR) is 124 cm³/mol. The second kappa shape index (κ2) is 8.69. The molecule has 4 rings (SSSR count). The molecule has 0 saturated carbocycles. The van der Waals surface area contributed by atoms with Gasteiger partial charge in [0.15, 0.2) is 0 Å². The van der Waals surface area contributed by atoms with Crippen LogP contribution in [0.1, 0.15) is 11.1 Å². The number of hydrogen-bond donors (Lipinski definition) is 1. The zero-order chi connectivity index (χ0) is 22.0. The Balaban J connectivity index is 1.38. The van der Waals surface area contributed by atoms with E-state index >= 15 is 0 Å². The number of nitrogens with one attached hydrogen (secondary N) is 1. The number of benzene rings is 3. The third kappa shape index (κ3) is 4.43. The van der Waals surface area contributed by atoms with Crippen molar-refractivity contribution in [3.8, 4) is 0 Å². The number of nitrogens with zero attached hydrogens (tertiary/aromatic N) is 2. The van der Waals surface area contributed by atoms with E-state index < -0.39 is 10.0 Å². The average molecular weight is 438 g/mol. The van der Waals surface area contributed by atoms with Crippen LogP contribution in [0.4, 0.5) is 5.69 Å². The number of amides is 1. The molecule has 162 valence electrons. The second-order valence-electron chi connectivity index (χ2n) is 7.89. The lowest BCUT2D eigenvalue weighted by Gasteiger charge is -2.34. The van der Waals surface area contributed by atoms with Crippen LogP contribution in [0.2, 0.25) is 0 Å². The van der Waals surface area contributed by atoms with Gasteiger partial charge in [-0.2, -0.15) is 4.31 Å². The Labute approximate surface area is 183 Å². The highest BCUT2D eigenvalue weighted by molar-refractivity contribution is 7.89. The minimum Gasteiger partial charge on any atom is -0.376 e. The van der Waals surface area contributed by atoms with Crippen molar-refractivity contribution >= 4 is 32.4 Å². The van der Waals surface area contributed by atoms with E-state index in [1.807, 2.05) is 62.4 Å². The van der Waals surface area contributed by atoms with Crippen LogP contribution in [0.15, 0.2) is 65.6 Å². The van der Waals surface area contributed by atoms with E-state index in [-0.39, 0.29) is 12.5 Å². The number of piperazine rings is 1. The largest absolute Gasteiger partial charge is 0.376 e. The highest BCUT2D eigenvalue weighted by Gasteiger charge is 2.30. The van der Waals surface area contributed by atoms with Crippen molar-refractivity contribution in [1.82, 2.24) is 9.21 Å². The van der Waals surface area contributed by atoms with E-state index in [1.54, 1.807) is 17.0 Å². The van der Waals surface area contributed by atoms with Crippen LogP contribution in [0, 0.1) is 13.8 Å². The van der Waals surface area contributed by atoms with Gasteiger partial charge in [-0.15, -0.1) is 0 Å². The van der Waals surface area contributed by atoms with E-state index in [1.165, 1.54) is 9.87 Å². The summed E-state index contributed by atoms with van der Waals surface area (Å²) in [7, 11) is -3.59. The molecular formula is C24H27N3O3S. The smallest absolute Gasteiger partial charge is 0.243 e. The average Bonchev–Trinajstić information content (AvgIpc) is 2.79. The van der Waals surface area contributed by atoms with Crippen molar-refractivity contribution in [3.05, 3.63) is 71.8 Å². The van der Waals surface area contributed by atoms with Gasteiger partial charge in [0.25, 0.3) is 0 Å². The number of hydrogen-bond acceptors (Lipinski definition) is 4. The SMILES string of the molecule is Cc1cccc(NCC(=O)N2CCN(S(=O)(=O)c3ccc4ccccc4c3)CC2)c1C. The first-order valence-electron chi connectivity index (χ1n) is 10.4. The molecule has 1 saturated heterocycles. The van der Waals surface area contributed by atoms with Gasteiger partial charge in [-0.05, 0) is 53.9 Å². The second-order valence-corrected chi connectivity index (χ2v) is 9.83. The fraction of sp³-hybridized carbons (Fsp3) is 0.292. The predicted octanol–water partition coefficient (Wildman–Crippen LogP) is 3.40. The van der Waals surface area contributed by atoms with E-state index in [0.717, 1.165) is 22.0 Å². The standard InChI is InChI=1S/C24H27N3O3S/c1-18-6-5-9-23(19(18)2)25-17-24(28)26-12-14-27(15-13-26)31(29,30)22-11-10-20-7-3-4-8-21(20)16-22/h3-11,16,25H,12-15,17H2,1-2H3. The summed E-state index contributed by atoms with van der Waals surface area (Å²) in [5.74, 6) is -0.0244. The number of anilines is 1. The van der Waals surface area contributed by atoms with Gasteiger partial charge >= 0.3 is 0 Å². The molecule has 0 aromatic heterocycles. The van der Waals surface area contributed by atoms with Crippen LogP contribution in [0.3, 0.4) is 0 Å². The zero-order valence-corrected chi connectivity index (χ0v) is 18.7. The maximum atomic E-state index is 13.1. The molecule has 0 unspecified atom stereocenters. The van der Waals surface area contributed by atoms with Crippen molar-refractivity contribution in [2.24, 2.45) is 0 Å². The number of aryl methyl sites for hydroxylation is 1. The Hall–Kier alpha value is -2.90. The third-order valence-corrected chi connectivity index (χ3v) is 7.88. The number of fused-ring (bicyclic) bond motifs is 1. The summed E-state index contributed by atoms with van der Waals surface area (Å²) in [6.07, 6.45) is 0. The number of carbonyl (C=O) groups is 1. The van der Waals surface area contributed by atoms with Crippen molar-refractivity contribution < 1.29 is 13.2 Å². The van der Waals surface area contributed by atoms with Gasteiger partial charge in [-0.25, -0.2) is 8.42 Å². The Morgan fingerprint density at radius 2 is 1.61 bits per heavy atom. The van der Waals surface area contributed by atoms with Crippen LogP contribution in [0.5, 0.6) is 0 Å². The van der Waals surface area contributed by atoms with Crippen molar-refractivity contribution in [1.29, 1.82) is 0 Å². The fourth-order valence-electron chi connectivity index (χ4n) is 3.88. The van der Waals surface area contributed by atoms with Gasteiger partial charge in [-0.1, -0.05) is 42.5 Å². The molecule has 0 atom stereocenters. The molecule has 1 amide bonds. The first kappa shape index (κ1) is 21.3. The first-order chi connectivity index (χ1) is 14.9. The molecule has 3 aromatic rings. The van der Waals surface area contributed by atoms with Gasteiger partial charge in [0.1, 0.15) is 0 Å². The summed E-state index contributed by atoms with van der Waals surface area (Å²) in [6, 6.07) is 18.9. The summed E-state index contributed by atoms with van der Waals surface area (Å²) in [5, 5.41) is 5.12. The van der Waals surface area contributed by atoms with Gasteiger partial charge in [0.2, 0.25) is 15.9 Å². The number of sulfonamides is 1. The first-order valence-corrected chi connectivity index (χ1v) is 11.9. The van der Waals surface area contributed by atoms with Crippen molar-refractivity contribution in [2.45, 2.75) is 18.7 Å². The highest BCUT2D eigenvalue weighted by Crippen LogP contribution is 2.23. The zero-order valence-electron chi connectivity index (χ0n) is 17.8. The molecule has 7 heteroatoms. The number of carbonyl (C=O) groups excluding carboxylic acids is 1. The lowest BCUT2D eigenvalue weighted by molar-refractivity contribution is -0.130. The Bertz CT molecular complexity index is 1220. The molecule has 6 nitrogen and oxygen atoms in total. The normalized spacial score (nSPS) is 15.2. The Morgan fingerprint density at radius 1 is 0.903 bits per heavy atom. The quantitative estimate of drug-likeness (QED) is 0.664. The van der Waals surface area contributed by atoms with Crippen LogP contribution >= 0.6 is 0 Å². The molecule has 0 aliphatic carbocycles. The molecule has 1 aliphatic heterocycles. The van der Waals surface area contributed by atoms with Crippen LogP contribution in [0.25, 0.3) is 10.8 Å². The van der Waals surface area contributed by atoms with E-state index in [9.17, 15) is 13.2 Å². The molecular weight excluding hydrogens is 410 g/mol. The third-order valence-electron chi connectivity index (χ3n) is 5.98. The summed E-state index contributed by atoms with van der Waals surface area (Å²) in [4.78, 5) is 14.7. The van der Waals surface area contributed by atoms with Crippen LogP contribution in [-0.2, 0) is 14.8 Å². The molecule has 1 fully saturated rings. The van der Waals surface area contributed by atoms with E-state index in [0.29, 0.717) is 31.1 Å². The van der Waals surface area contributed by atoms with Crippen molar-refractivity contribution in [3.63, 3.8) is 0 Å². The Morgan fingerprint density at radius 3 is 2.35 bits per heavy atom. The van der Waals surface area contributed by atoms with Gasteiger partial charge < -0.3 is 10.2 Å². The molecule has 0 radical (unpaired) electrons. The van der Waals surface area contributed by atoms with E-state index in [4.69, 9.17) is 0 Å². The molecule has 0 spiro atoms.